The van der Waals surface area contributed by atoms with Crippen molar-refractivity contribution in [3.05, 3.63) is 17.7 Å². The number of aliphatic hydroxyl groups is 2. The molecule has 0 saturated carbocycles. The van der Waals surface area contributed by atoms with Crippen LogP contribution in [-0.4, -0.2) is 50.8 Å². The third kappa shape index (κ3) is 4.27. The maximum absolute atomic E-state index is 9.26. The van der Waals surface area contributed by atoms with Crippen LogP contribution in [0.2, 0.25) is 0 Å². The molecule has 6 nitrogen and oxygen atoms in total. The minimum absolute atomic E-state index is 0.268. The Morgan fingerprint density at radius 3 is 2.16 bits per heavy atom. The van der Waals surface area contributed by atoms with Gasteiger partial charge in [0.25, 0.3) is 0 Å². The third-order valence-electron chi connectivity index (χ3n) is 2.69. The molecule has 0 amide bonds. The molecule has 0 aliphatic carbocycles. The molecule has 0 radical (unpaired) electrons. The van der Waals surface area contributed by atoms with Gasteiger partial charge < -0.3 is 29.7 Å². The molecule has 0 bridgehead atoms. The Morgan fingerprint density at radius 2 is 1.63 bits per heavy atom. The molecule has 0 aromatic heterocycles. The van der Waals surface area contributed by atoms with E-state index in [4.69, 9.17) is 19.3 Å². The lowest BCUT2D eigenvalue weighted by molar-refractivity contribution is 0.0941. The second kappa shape index (κ2) is 7.83. The lowest BCUT2D eigenvalue weighted by Crippen LogP contribution is -2.29. The van der Waals surface area contributed by atoms with Crippen molar-refractivity contribution >= 4 is 0 Å². The van der Waals surface area contributed by atoms with Gasteiger partial charge in [0.15, 0.2) is 11.5 Å². The number of hydrogen-bond acceptors (Lipinski definition) is 6. The van der Waals surface area contributed by atoms with E-state index in [1.807, 2.05) is 6.07 Å². The van der Waals surface area contributed by atoms with Crippen molar-refractivity contribution in [2.24, 2.45) is 0 Å². The van der Waals surface area contributed by atoms with Crippen LogP contribution in [-0.2, 0) is 6.54 Å². The molecule has 1 rings (SSSR count). The van der Waals surface area contributed by atoms with E-state index in [-0.39, 0.29) is 6.61 Å². The SMILES string of the molecule is COc1cc(OC)c(OC)cc1CNCC(O)CO. The van der Waals surface area contributed by atoms with Gasteiger partial charge in [-0.15, -0.1) is 0 Å². The molecule has 0 aliphatic heterocycles. The Morgan fingerprint density at radius 1 is 1.05 bits per heavy atom. The number of benzene rings is 1. The molecular formula is C13H21NO5. The van der Waals surface area contributed by atoms with Crippen LogP contribution >= 0.6 is 0 Å². The van der Waals surface area contributed by atoms with Gasteiger partial charge in [0, 0.05) is 24.7 Å². The van der Waals surface area contributed by atoms with Crippen LogP contribution in [0.15, 0.2) is 12.1 Å². The van der Waals surface area contributed by atoms with Crippen molar-refractivity contribution in [3.8, 4) is 17.2 Å². The third-order valence-corrected chi connectivity index (χ3v) is 2.69. The summed E-state index contributed by atoms with van der Waals surface area (Å²) in [4.78, 5) is 0. The van der Waals surface area contributed by atoms with Gasteiger partial charge in [0.05, 0.1) is 34.0 Å². The van der Waals surface area contributed by atoms with Crippen molar-refractivity contribution in [1.82, 2.24) is 5.32 Å². The van der Waals surface area contributed by atoms with E-state index >= 15 is 0 Å². The maximum atomic E-state index is 9.26. The summed E-state index contributed by atoms with van der Waals surface area (Å²) in [5, 5.41) is 21.0. The average Bonchev–Trinajstić information content (AvgIpc) is 2.46. The fourth-order valence-electron chi connectivity index (χ4n) is 1.67. The van der Waals surface area contributed by atoms with Gasteiger partial charge in [-0.2, -0.15) is 0 Å². The van der Waals surface area contributed by atoms with Crippen LogP contribution in [0.5, 0.6) is 17.2 Å². The zero-order chi connectivity index (χ0) is 14.3. The second-order valence-corrected chi connectivity index (χ2v) is 3.99. The first-order valence-corrected chi connectivity index (χ1v) is 5.94. The van der Waals surface area contributed by atoms with Crippen molar-refractivity contribution in [2.75, 3.05) is 34.5 Å². The van der Waals surface area contributed by atoms with E-state index in [1.165, 1.54) is 0 Å². The highest BCUT2D eigenvalue weighted by atomic mass is 16.5. The zero-order valence-electron chi connectivity index (χ0n) is 11.5. The van der Waals surface area contributed by atoms with E-state index in [1.54, 1.807) is 27.4 Å². The lowest BCUT2D eigenvalue weighted by atomic mass is 10.1. The average molecular weight is 271 g/mol. The number of methoxy groups -OCH3 is 3. The van der Waals surface area contributed by atoms with Crippen molar-refractivity contribution < 1.29 is 24.4 Å². The quantitative estimate of drug-likeness (QED) is 0.625. The van der Waals surface area contributed by atoms with Gasteiger partial charge >= 0.3 is 0 Å². The number of hydrogen-bond donors (Lipinski definition) is 3. The van der Waals surface area contributed by atoms with Crippen molar-refractivity contribution in [2.45, 2.75) is 12.6 Å². The fourth-order valence-corrected chi connectivity index (χ4v) is 1.67. The lowest BCUT2D eigenvalue weighted by Gasteiger charge is -2.15. The Balaban J connectivity index is 2.80. The summed E-state index contributed by atoms with van der Waals surface area (Å²) in [6, 6.07) is 3.56. The molecule has 0 spiro atoms. The van der Waals surface area contributed by atoms with Gasteiger partial charge in [0.2, 0.25) is 0 Å². The van der Waals surface area contributed by atoms with Crippen LogP contribution in [0.3, 0.4) is 0 Å². The van der Waals surface area contributed by atoms with E-state index in [9.17, 15) is 5.11 Å². The van der Waals surface area contributed by atoms with Gasteiger partial charge in [-0.05, 0) is 6.07 Å². The minimum Gasteiger partial charge on any atom is -0.496 e. The molecule has 0 heterocycles. The predicted molar refractivity (Wildman–Crippen MR) is 70.9 cm³/mol. The van der Waals surface area contributed by atoms with Gasteiger partial charge in [-0.25, -0.2) is 0 Å². The van der Waals surface area contributed by atoms with Crippen LogP contribution in [0, 0.1) is 0 Å². The molecule has 6 heteroatoms. The molecule has 0 saturated heterocycles. The van der Waals surface area contributed by atoms with Gasteiger partial charge in [-0.3, -0.25) is 0 Å². The van der Waals surface area contributed by atoms with E-state index < -0.39 is 6.10 Å². The van der Waals surface area contributed by atoms with Crippen LogP contribution in [0.1, 0.15) is 5.56 Å². The second-order valence-electron chi connectivity index (χ2n) is 3.99. The molecule has 1 aromatic carbocycles. The van der Waals surface area contributed by atoms with Gasteiger partial charge in [0.1, 0.15) is 5.75 Å². The Hall–Kier alpha value is -1.50. The summed E-state index contributed by atoms with van der Waals surface area (Å²) in [6.07, 6.45) is -0.772. The van der Waals surface area contributed by atoms with E-state index in [2.05, 4.69) is 5.32 Å². The fraction of sp³-hybridized carbons (Fsp3) is 0.538. The smallest absolute Gasteiger partial charge is 0.164 e. The summed E-state index contributed by atoms with van der Waals surface area (Å²) in [6.45, 7) is 0.519. The Bertz CT molecular complexity index is 397. The number of rotatable bonds is 8. The summed E-state index contributed by atoms with van der Waals surface area (Å²) < 4.78 is 15.7. The summed E-state index contributed by atoms with van der Waals surface area (Å²) in [5.74, 6) is 1.88. The van der Waals surface area contributed by atoms with Crippen molar-refractivity contribution in [3.63, 3.8) is 0 Å². The Kier molecular flexibility index (Phi) is 6.41. The standard InChI is InChI=1S/C13H21NO5/c1-17-11-5-13(19-3)12(18-2)4-9(11)6-14-7-10(16)8-15/h4-5,10,14-16H,6-8H2,1-3H3. The maximum Gasteiger partial charge on any atom is 0.164 e. The summed E-state index contributed by atoms with van der Waals surface area (Å²) >= 11 is 0. The van der Waals surface area contributed by atoms with Crippen LogP contribution < -0.4 is 19.5 Å². The first kappa shape index (κ1) is 15.6. The van der Waals surface area contributed by atoms with E-state index in [0.717, 1.165) is 5.56 Å². The van der Waals surface area contributed by atoms with E-state index in [0.29, 0.717) is 30.3 Å². The number of ether oxygens (including phenoxy) is 3. The monoisotopic (exact) mass is 271 g/mol. The highest BCUT2D eigenvalue weighted by Gasteiger charge is 2.12. The molecule has 1 atom stereocenters. The molecule has 3 N–H and O–H groups in total. The van der Waals surface area contributed by atoms with Crippen LogP contribution in [0.25, 0.3) is 0 Å². The largest absolute Gasteiger partial charge is 0.496 e. The highest BCUT2D eigenvalue weighted by Crippen LogP contribution is 2.34. The Labute approximate surface area is 112 Å². The zero-order valence-corrected chi connectivity index (χ0v) is 11.5. The first-order valence-electron chi connectivity index (χ1n) is 5.94. The molecule has 1 aromatic rings. The molecular weight excluding hydrogens is 250 g/mol. The first-order chi connectivity index (χ1) is 9.15. The molecule has 108 valence electrons. The number of nitrogens with one attached hydrogen (secondary N) is 1. The topological polar surface area (TPSA) is 80.2 Å². The summed E-state index contributed by atoms with van der Waals surface area (Å²) in [7, 11) is 4.71. The van der Waals surface area contributed by atoms with Crippen LogP contribution in [0.4, 0.5) is 0 Å². The van der Waals surface area contributed by atoms with Gasteiger partial charge in [-0.1, -0.05) is 0 Å². The molecule has 0 aliphatic rings. The number of aliphatic hydroxyl groups excluding tert-OH is 2. The molecule has 19 heavy (non-hydrogen) atoms. The summed E-state index contributed by atoms with van der Waals surface area (Å²) in [5.41, 5.74) is 0.880. The normalized spacial score (nSPS) is 12.1. The molecule has 1 unspecified atom stereocenters. The minimum atomic E-state index is -0.772. The van der Waals surface area contributed by atoms with Crippen molar-refractivity contribution in [1.29, 1.82) is 0 Å². The highest BCUT2D eigenvalue weighted by molar-refractivity contribution is 5.50. The predicted octanol–water partition coefficient (Wildman–Crippen LogP) is 0.155. The molecule has 0 fully saturated rings.